The zero-order chi connectivity index (χ0) is 9.68. The molecule has 0 heterocycles. The molecule has 1 saturated carbocycles. The molecule has 3 nitrogen and oxygen atoms in total. The number of nitrogens with one attached hydrogen (secondary N) is 1. The fourth-order valence-corrected chi connectivity index (χ4v) is 1.90. The molecule has 0 atom stereocenters. The van der Waals surface area contributed by atoms with E-state index in [4.69, 9.17) is 0 Å². The van der Waals surface area contributed by atoms with Gasteiger partial charge in [-0.15, -0.1) is 0 Å². The SMILES string of the molecule is CC(=O)NC(=O)CC1CCCCC1. The molecule has 3 heteroatoms. The van der Waals surface area contributed by atoms with Crippen LogP contribution in [0.1, 0.15) is 45.4 Å². The molecule has 74 valence electrons. The maximum absolute atomic E-state index is 11.2. The van der Waals surface area contributed by atoms with Crippen LogP contribution in [0.5, 0.6) is 0 Å². The Morgan fingerprint density at radius 1 is 1.23 bits per heavy atom. The summed E-state index contributed by atoms with van der Waals surface area (Å²) >= 11 is 0. The van der Waals surface area contributed by atoms with Crippen molar-refractivity contribution in [3.8, 4) is 0 Å². The first-order valence-electron chi connectivity index (χ1n) is 4.99. The van der Waals surface area contributed by atoms with Crippen LogP contribution in [-0.4, -0.2) is 11.8 Å². The fraction of sp³-hybridized carbons (Fsp3) is 0.800. The van der Waals surface area contributed by atoms with Crippen molar-refractivity contribution in [3.63, 3.8) is 0 Å². The second-order valence-corrected chi connectivity index (χ2v) is 3.81. The molecule has 1 aliphatic rings. The summed E-state index contributed by atoms with van der Waals surface area (Å²) in [7, 11) is 0. The van der Waals surface area contributed by atoms with Crippen molar-refractivity contribution in [1.82, 2.24) is 5.32 Å². The minimum absolute atomic E-state index is 0.112. The largest absolute Gasteiger partial charge is 0.297 e. The van der Waals surface area contributed by atoms with E-state index in [1.807, 2.05) is 0 Å². The van der Waals surface area contributed by atoms with Gasteiger partial charge in [0.25, 0.3) is 0 Å². The minimum Gasteiger partial charge on any atom is -0.297 e. The number of carbonyl (C=O) groups is 2. The summed E-state index contributed by atoms with van der Waals surface area (Å²) in [4.78, 5) is 21.8. The van der Waals surface area contributed by atoms with E-state index < -0.39 is 0 Å². The average molecular weight is 183 g/mol. The van der Waals surface area contributed by atoms with Crippen LogP contribution in [0, 0.1) is 5.92 Å². The molecule has 0 radical (unpaired) electrons. The second kappa shape index (κ2) is 5.00. The molecule has 1 fully saturated rings. The first-order chi connectivity index (χ1) is 6.18. The summed E-state index contributed by atoms with van der Waals surface area (Å²) in [5, 5.41) is 2.31. The molecule has 0 aliphatic heterocycles. The molecule has 0 aromatic carbocycles. The highest BCUT2D eigenvalue weighted by atomic mass is 16.2. The van der Waals surface area contributed by atoms with Crippen LogP contribution in [0.4, 0.5) is 0 Å². The third-order valence-corrected chi connectivity index (χ3v) is 2.51. The average Bonchev–Trinajstić information content (AvgIpc) is 2.04. The fourth-order valence-electron chi connectivity index (χ4n) is 1.90. The first kappa shape index (κ1) is 10.2. The maximum atomic E-state index is 11.2. The molecular formula is C10H17NO2. The first-order valence-corrected chi connectivity index (χ1v) is 4.99. The van der Waals surface area contributed by atoms with Crippen LogP contribution < -0.4 is 5.32 Å². The Morgan fingerprint density at radius 2 is 1.85 bits per heavy atom. The van der Waals surface area contributed by atoms with E-state index in [2.05, 4.69) is 5.32 Å². The summed E-state index contributed by atoms with van der Waals surface area (Å²) in [6.45, 7) is 1.37. The summed E-state index contributed by atoms with van der Waals surface area (Å²) in [5.74, 6) is 0.147. The van der Waals surface area contributed by atoms with Gasteiger partial charge >= 0.3 is 0 Å². The topological polar surface area (TPSA) is 46.2 Å². The van der Waals surface area contributed by atoms with Crippen LogP contribution >= 0.6 is 0 Å². The zero-order valence-corrected chi connectivity index (χ0v) is 8.14. The Bertz CT molecular complexity index is 195. The van der Waals surface area contributed by atoms with Gasteiger partial charge in [0, 0.05) is 13.3 Å². The summed E-state index contributed by atoms with van der Waals surface area (Å²) < 4.78 is 0. The molecule has 13 heavy (non-hydrogen) atoms. The highest BCUT2D eigenvalue weighted by Gasteiger charge is 2.17. The normalized spacial score (nSPS) is 18.2. The summed E-state index contributed by atoms with van der Waals surface area (Å²) in [6, 6.07) is 0. The predicted molar refractivity (Wildman–Crippen MR) is 50.0 cm³/mol. The lowest BCUT2D eigenvalue weighted by Gasteiger charge is -2.20. The van der Waals surface area contributed by atoms with Crippen LogP contribution in [0.15, 0.2) is 0 Å². The van der Waals surface area contributed by atoms with Gasteiger partial charge in [-0.05, 0) is 18.8 Å². The van der Waals surface area contributed by atoms with E-state index in [-0.39, 0.29) is 11.8 Å². The summed E-state index contributed by atoms with van der Waals surface area (Å²) in [5.41, 5.74) is 0. The highest BCUT2D eigenvalue weighted by Crippen LogP contribution is 2.25. The van der Waals surface area contributed by atoms with Gasteiger partial charge in [-0.3, -0.25) is 14.9 Å². The Balaban J connectivity index is 2.22. The third kappa shape index (κ3) is 4.06. The van der Waals surface area contributed by atoms with Gasteiger partial charge in [0.1, 0.15) is 0 Å². The number of carbonyl (C=O) groups excluding carboxylic acids is 2. The van der Waals surface area contributed by atoms with Crippen molar-refractivity contribution >= 4 is 11.8 Å². The van der Waals surface area contributed by atoms with E-state index >= 15 is 0 Å². The molecule has 1 rings (SSSR count). The van der Waals surface area contributed by atoms with E-state index in [9.17, 15) is 9.59 Å². The molecule has 0 spiro atoms. The van der Waals surface area contributed by atoms with Gasteiger partial charge in [-0.25, -0.2) is 0 Å². The van der Waals surface area contributed by atoms with Crippen LogP contribution in [0.25, 0.3) is 0 Å². The van der Waals surface area contributed by atoms with Crippen LogP contribution in [0.3, 0.4) is 0 Å². The van der Waals surface area contributed by atoms with E-state index in [1.54, 1.807) is 0 Å². The molecule has 0 bridgehead atoms. The third-order valence-electron chi connectivity index (χ3n) is 2.51. The van der Waals surface area contributed by atoms with Crippen molar-refractivity contribution in [2.24, 2.45) is 5.92 Å². The van der Waals surface area contributed by atoms with E-state index in [0.717, 1.165) is 12.8 Å². The number of hydrogen-bond acceptors (Lipinski definition) is 2. The maximum Gasteiger partial charge on any atom is 0.226 e. The molecule has 0 saturated heterocycles. The smallest absolute Gasteiger partial charge is 0.226 e. The van der Waals surface area contributed by atoms with Crippen molar-refractivity contribution in [2.75, 3.05) is 0 Å². The number of hydrogen-bond donors (Lipinski definition) is 1. The van der Waals surface area contributed by atoms with Gasteiger partial charge in [-0.1, -0.05) is 19.3 Å². The highest BCUT2D eigenvalue weighted by molar-refractivity contribution is 5.93. The second-order valence-electron chi connectivity index (χ2n) is 3.81. The Kier molecular flexibility index (Phi) is 3.93. The number of imide groups is 1. The molecule has 0 aromatic rings. The molecule has 0 aromatic heterocycles. The lowest BCUT2D eigenvalue weighted by Crippen LogP contribution is -2.30. The van der Waals surface area contributed by atoms with Gasteiger partial charge in [-0.2, -0.15) is 0 Å². The minimum atomic E-state index is -0.249. The van der Waals surface area contributed by atoms with E-state index in [1.165, 1.54) is 26.2 Å². The molecule has 2 amide bonds. The van der Waals surface area contributed by atoms with Crippen LogP contribution in [0.2, 0.25) is 0 Å². The Morgan fingerprint density at radius 3 is 2.38 bits per heavy atom. The zero-order valence-electron chi connectivity index (χ0n) is 8.14. The predicted octanol–water partition coefficient (Wildman–Crippen LogP) is 1.62. The van der Waals surface area contributed by atoms with Crippen LogP contribution in [-0.2, 0) is 9.59 Å². The van der Waals surface area contributed by atoms with Crippen molar-refractivity contribution < 1.29 is 9.59 Å². The Hall–Kier alpha value is -0.860. The quantitative estimate of drug-likeness (QED) is 0.707. The monoisotopic (exact) mass is 183 g/mol. The number of rotatable bonds is 2. The lowest BCUT2D eigenvalue weighted by molar-refractivity contribution is -0.129. The molecule has 1 N–H and O–H groups in total. The molecule has 0 unspecified atom stereocenters. The van der Waals surface area contributed by atoms with E-state index in [0.29, 0.717) is 12.3 Å². The van der Waals surface area contributed by atoms with Gasteiger partial charge in [0.2, 0.25) is 11.8 Å². The lowest BCUT2D eigenvalue weighted by atomic mass is 9.87. The number of amides is 2. The van der Waals surface area contributed by atoms with Crippen molar-refractivity contribution in [1.29, 1.82) is 0 Å². The molecular weight excluding hydrogens is 166 g/mol. The Labute approximate surface area is 78.9 Å². The molecule has 1 aliphatic carbocycles. The van der Waals surface area contributed by atoms with Gasteiger partial charge in [0.05, 0.1) is 0 Å². The van der Waals surface area contributed by atoms with Crippen molar-refractivity contribution in [2.45, 2.75) is 45.4 Å². The van der Waals surface area contributed by atoms with Gasteiger partial charge < -0.3 is 0 Å². The van der Waals surface area contributed by atoms with Crippen molar-refractivity contribution in [3.05, 3.63) is 0 Å². The standard InChI is InChI=1S/C10H17NO2/c1-8(12)11-10(13)7-9-5-3-2-4-6-9/h9H,2-7H2,1H3,(H,11,12,13). The summed E-state index contributed by atoms with van der Waals surface area (Å²) in [6.07, 6.45) is 6.58. The van der Waals surface area contributed by atoms with Gasteiger partial charge in [0.15, 0.2) is 0 Å².